The van der Waals surface area contributed by atoms with E-state index in [9.17, 15) is 5.11 Å². The Morgan fingerprint density at radius 1 is 1.35 bits per heavy atom. The monoisotopic (exact) mass is 344 g/mol. The van der Waals surface area contributed by atoms with Crippen LogP contribution in [-0.4, -0.2) is 32.0 Å². The molecule has 0 radical (unpaired) electrons. The molecule has 0 amide bonds. The highest BCUT2D eigenvalue weighted by molar-refractivity contribution is 9.10. The van der Waals surface area contributed by atoms with Gasteiger partial charge in [0.2, 0.25) is 0 Å². The minimum atomic E-state index is -0.573. The van der Waals surface area contributed by atoms with Gasteiger partial charge in [0, 0.05) is 17.0 Å². The van der Waals surface area contributed by atoms with Crippen LogP contribution in [0.1, 0.15) is 31.4 Å². The van der Waals surface area contributed by atoms with Crippen LogP contribution in [0.25, 0.3) is 0 Å². The van der Waals surface area contributed by atoms with Crippen LogP contribution in [0.3, 0.4) is 0 Å². The van der Waals surface area contributed by atoms with Crippen molar-refractivity contribution in [3.63, 3.8) is 0 Å². The number of aliphatic hydroxyl groups excluding tert-OH is 1. The first kappa shape index (κ1) is 15.6. The van der Waals surface area contributed by atoms with Crippen LogP contribution >= 0.6 is 15.9 Å². The maximum absolute atomic E-state index is 10.7. The number of hydrogen-bond donors (Lipinski definition) is 1. The first-order chi connectivity index (χ1) is 9.62. The minimum absolute atomic E-state index is 0.116. The Bertz CT molecular complexity index is 463. The zero-order valence-electron chi connectivity index (χ0n) is 12.1. The second-order valence-electron chi connectivity index (χ2n) is 4.94. The van der Waals surface area contributed by atoms with Gasteiger partial charge in [-0.15, -0.1) is 0 Å². The van der Waals surface area contributed by atoms with Crippen LogP contribution in [0.4, 0.5) is 0 Å². The van der Waals surface area contributed by atoms with E-state index < -0.39 is 6.10 Å². The van der Waals surface area contributed by atoms with Gasteiger partial charge in [-0.05, 0) is 30.5 Å². The Hall–Kier alpha value is -0.780. The Morgan fingerprint density at radius 3 is 2.60 bits per heavy atom. The largest absolute Gasteiger partial charge is 0.493 e. The van der Waals surface area contributed by atoms with E-state index in [1.165, 1.54) is 0 Å². The van der Waals surface area contributed by atoms with Crippen LogP contribution in [0.5, 0.6) is 11.5 Å². The van der Waals surface area contributed by atoms with Crippen LogP contribution in [0.15, 0.2) is 16.6 Å². The zero-order valence-corrected chi connectivity index (χ0v) is 13.6. The summed E-state index contributed by atoms with van der Waals surface area (Å²) in [6.07, 6.45) is 1.33. The van der Waals surface area contributed by atoms with Gasteiger partial charge in [-0.1, -0.05) is 22.9 Å². The van der Waals surface area contributed by atoms with Gasteiger partial charge < -0.3 is 19.3 Å². The molecule has 112 valence electrons. The molecule has 1 aromatic rings. The summed E-state index contributed by atoms with van der Waals surface area (Å²) in [7, 11) is 3.19. The average Bonchev–Trinajstić information content (AvgIpc) is 2.94. The molecule has 1 heterocycles. The first-order valence-electron chi connectivity index (χ1n) is 6.83. The summed E-state index contributed by atoms with van der Waals surface area (Å²) >= 11 is 3.50. The van der Waals surface area contributed by atoms with E-state index >= 15 is 0 Å². The lowest BCUT2D eigenvalue weighted by Crippen LogP contribution is -2.22. The Labute approximate surface area is 128 Å². The van der Waals surface area contributed by atoms with E-state index in [2.05, 4.69) is 22.9 Å². The van der Waals surface area contributed by atoms with Crippen molar-refractivity contribution in [1.82, 2.24) is 0 Å². The van der Waals surface area contributed by atoms with Crippen molar-refractivity contribution < 1.29 is 19.3 Å². The van der Waals surface area contributed by atoms with Gasteiger partial charge in [-0.2, -0.15) is 0 Å². The third-order valence-electron chi connectivity index (χ3n) is 3.89. The van der Waals surface area contributed by atoms with Crippen molar-refractivity contribution >= 4 is 15.9 Å². The molecule has 3 unspecified atom stereocenters. The molecule has 1 aromatic carbocycles. The Morgan fingerprint density at radius 2 is 2.00 bits per heavy atom. The SMILES string of the molecule is CCC1OCCC1C(O)c1cc(OC)c(OC)cc1Br. The van der Waals surface area contributed by atoms with Crippen LogP contribution in [-0.2, 0) is 4.74 Å². The van der Waals surface area contributed by atoms with Crippen molar-refractivity contribution in [3.8, 4) is 11.5 Å². The Kier molecular flexibility index (Phi) is 5.29. The number of halogens is 1. The molecular formula is C15H21BrO4. The van der Waals surface area contributed by atoms with Gasteiger partial charge in [-0.25, -0.2) is 0 Å². The summed E-state index contributed by atoms with van der Waals surface area (Å²) < 4.78 is 17.1. The number of hydrogen-bond acceptors (Lipinski definition) is 4. The first-order valence-corrected chi connectivity index (χ1v) is 7.62. The highest BCUT2D eigenvalue weighted by Gasteiger charge is 2.34. The lowest BCUT2D eigenvalue weighted by atomic mass is 9.89. The third-order valence-corrected chi connectivity index (χ3v) is 4.58. The number of rotatable bonds is 5. The van der Waals surface area contributed by atoms with Crippen molar-refractivity contribution in [2.45, 2.75) is 32.0 Å². The van der Waals surface area contributed by atoms with E-state index in [4.69, 9.17) is 14.2 Å². The van der Waals surface area contributed by atoms with E-state index in [1.54, 1.807) is 14.2 Å². The van der Waals surface area contributed by atoms with Gasteiger partial charge >= 0.3 is 0 Å². The quantitative estimate of drug-likeness (QED) is 0.890. The van der Waals surface area contributed by atoms with Crippen LogP contribution in [0, 0.1) is 5.92 Å². The van der Waals surface area contributed by atoms with Gasteiger partial charge in [0.25, 0.3) is 0 Å². The summed E-state index contributed by atoms with van der Waals surface area (Å²) in [6, 6.07) is 3.66. The predicted molar refractivity (Wildman–Crippen MR) is 80.3 cm³/mol. The Balaban J connectivity index is 2.31. The van der Waals surface area contributed by atoms with Gasteiger partial charge in [-0.3, -0.25) is 0 Å². The normalized spacial score (nSPS) is 23.6. The molecule has 5 heteroatoms. The molecular weight excluding hydrogens is 324 g/mol. The van der Waals surface area contributed by atoms with Crippen LogP contribution in [0.2, 0.25) is 0 Å². The van der Waals surface area contributed by atoms with Gasteiger partial charge in [0.15, 0.2) is 11.5 Å². The molecule has 0 bridgehead atoms. The highest BCUT2D eigenvalue weighted by atomic mass is 79.9. The van der Waals surface area contributed by atoms with Crippen molar-refractivity contribution in [1.29, 1.82) is 0 Å². The summed E-state index contributed by atoms with van der Waals surface area (Å²) in [5.74, 6) is 1.39. The molecule has 4 nitrogen and oxygen atoms in total. The summed E-state index contributed by atoms with van der Waals surface area (Å²) in [4.78, 5) is 0. The van der Waals surface area contributed by atoms with Crippen molar-refractivity contribution in [2.24, 2.45) is 5.92 Å². The maximum Gasteiger partial charge on any atom is 0.161 e. The van der Waals surface area contributed by atoms with E-state index in [1.807, 2.05) is 12.1 Å². The fourth-order valence-electron chi connectivity index (χ4n) is 2.77. The molecule has 0 aromatic heterocycles. The lowest BCUT2D eigenvalue weighted by molar-refractivity contribution is 0.0303. The van der Waals surface area contributed by atoms with Gasteiger partial charge in [0.1, 0.15) is 0 Å². The predicted octanol–water partition coefficient (Wildman–Crippen LogP) is 3.31. The molecule has 1 aliphatic rings. The topological polar surface area (TPSA) is 47.9 Å². The molecule has 1 saturated heterocycles. The lowest BCUT2D eigenvalue weighted by Gasteiger charge is -2.24. The fourth-order valence-corrected chi connectivity index (χ4v) is 3.33. The van der Waals surface area contributed by atoms with Crippen molar-refractivity contribution in [3.05, 3.63) is 22.2 Å². The van der Waals surface area contributed by atoms with Gasteiger partial charge in [0.05, 0.1) is 26.4 Å². The molecule has 1 N–H and O–H groups in total. The number of ether oxygens (including phenoxy) is 3. The number of benzene rings is 1. The summed E-state index contributed by atoms with van der Waals surface area (Å²) in [5, 5.41) is 10.7. The molecule has 0 aliphatic carbocycles. The van der Waals surface area contributed by atoms with Crippen molar-refractivity contribution in [2.75, 3.05) is 20.8 Å². The smallest absolute Gasteiger partial charge is 0.161 e. The second-order valence-corrected chi connectivity index (χ2v) is 5.80. The molecule has 0 saturated carbocycles. The van der Waals surface area contributed by atoms with E-state index in [0.29, 0.717) is 18.1 Å². The van der Waals surface area contributed by atoms with E-state index in [-0.39, 0.29) is 12.0 Å². The maximum atomic E-state index is 10.7. The number of aliphatic hydroxyl groups is 1. The zero-order chi connectivity index (χ0) is 14.7. The molecule has 2 rings (SSSR count). The molecule has 1 aliphatic heterocycles. The molecule has 20 heavy (non-hydrogen) atoms. The summed E-state index contributed by atoms with van der Waals surface area (Å²) in [5.41, 5.74) is 0.816. The summed E-state index contributed by atoms with van der Waals surface area (Å²) in [6.45, 7) is 2.80. The molecule has 0 spiro atoms. The average molecular weight is 345 g/mol. The third kappa shape index (κ3) is 2.95. The second kappa shape index (κ2) is 6.78. The fraction of sp³-hybridized carbons (Fsp3) is 0.600. The molecule has 3 atom stereocenters. The molecule has 1 fully saturated rings. The van der Waals surface area contributed by atoms with Crippen LogP contribution < -0.4 is 9.47 Å². The highest BCUT2D eigenvalue weighted by Crippen LogP contribution is 2.41. The minimum Gasteiger partial charge on any atom is -0.493 e. The standard InChI is InChI=1S/C15H21BrO4/c1-4-12-9(5-6-20-12)15(17)10-7-13(18-2)14(19-3)8-11(10)16/h7-9,12,15,17H,4-6H2,1-3H3. The van der Waals surface area contributed by atoms with E-state index in [0.717, 1.165) is 22.9 Å². The number of methoxy groups -OCH3 is 2.